The number of carbonyl (C=O) groups excluding carboxylic acids is 2. The molecule has 43 heavy (non-hydrogen) atoms. The number of aromatic nitrogens is 4. The smallest absolute Gasteiger partial charge is 0.275 e. The van der Waals surface area contributed by atoms with Crippen LogP contribution >= 0.6 is 11.6 Å². The molecule has 2 N–H and O–H groups in total. The van der Waals surface area contributed by atoms with E-state index in [4.69, 9.17) is 16.6 Å². The number of carbonyl (C=O) groups is 2. The van der Waals surface area contributed by atoms with Crippen LogP contribution in [0.25, 0.3) is 0 Å². The van der Waals surface area contributed by atoms with Gasteiger partial charge in [-0.2, -0.15) is 5.21 Å². The molecule has 1 aliphatic heterocycles. The molecule has 0 radical (unpaired) electrons. The zero-order chi connectivity index (χ0) is 30.6. The van der Waals surface area contributed by atoms with Crippen molar-refractivity contribution in [3.63, 3.8) is 0 Å². The van der Waals surface area contributed by atoms with Crippen molar-refractivity contribution in [2.45, 2.75) is 90.4 Å². The molecule has 9 nitrogen and oxygen atoms in total. The average molecular weight is 608 g/mol. The van der Waals surface area contributed by atoms with Crippen molar-refractivity contribution in [2.24, 2.45) is 16.8 Å². The number of halogens is 2. The van der Waals surface area contributed by atoms with E-state index in [2.05, 4.69) is 46.7 Å². The highest BCUT2D eigenvalue weighted by Gasteiger charge is 2.52. The van der Waals surface area contributed by atoms with Gasteiger partial charge >= 0.3 is 0 Å². The molecule has 0 saturated heterocycles. The Morgan fingerprint density at radius 1 is 1.16 bits per heavy atom. The van der Waals surface area contributed by atoms with Gasteiger partial charge in [-0.15, -0.1) is 10.2 Å². The largest absolute Gasteiger partial charge is 0.345 e. The summed E-state index contributed by atoms with van der Waals surface area (Å²) in [5.74, 6) is 0.547. The molecule has 1 spiro atoms. The van der Waals surface area contributed by atoms with E-state index in [1.807, 2.05) is 17.0 Å². The SMILES string of the molecule is CCCCCC(c1ccc(C(=O)NCc2nn[nH]n2)cc1)N1C(=O)C(c2cc(F)cc(Cl)c2)=NC12CCC(C(C)C)CC2. The van der Waals surface area contributed by atoms with Crippen LogP contribution in [-0.2, 0) is 11.3 Å². The maximum atomic E-state index is 14.4. The summed E-state index contributed by atoms with van der Waals surface area (Å²) in [4.78, 5) is 34.3. The fraction of sp³-hybridized carbons (Fsp3) is 0.500. The topological polar surface area (TPSA) is 116 Å². The molecule has 3 aromatic rings. The number of aromatic amines is 1. The van der Waals surface area contributed by atoms with Crippen LogP contribution in [0.3, 0.4) is 0 Å². The van der Waals surface area contributed by atoms with E-state index in [1.54, 1.807) is 18.2 Å². The zero-order valence-corrected chi connectivity index (χ0v) is 25.7. The molecule has 2 aromatic carbocycles. The predicted molar refractivity (Wildman–Crippen MR) is 163 cm³/mol. The number of hydrogen-bond acceptors (Lipinski definition) is 6. The number of tetrazole rings is 1. The van der Waals surface area contributed by atoms with E-state index < -0.39 is 11.5 Å². The Bertz CT molecular complexity index is 1430. The van der Waals surface area contributed by atoms with Crippen LogP contribution in [0, 0.1) is 17.7 Å². The summed E-state index contributed by atoms with van der Waals surface area (Å²) in [5, 5.41) is 16.6. The highest BCUT2D eigenvalue weighted by atomic mass is 35.5. The summed E-state index contributed by atoms with van der Waals surface area (Å²) in [5.41, 5.74) is 1.39. The third-order valence-corrected chi connectivity index (χ3v) is 9.06. The second-order valence-corrected chi connectivity index (χ2v) is 12.4. The van der Waals surface area contributed by atoms with Gasteiger partial charge in [0.25, 0.3) is 11.8 Å². The normalized spacial score (nSPS) is 21.0. The summed E-state index contributed by atoms with van der Waals surface area (Å²) in [6, 6.07) is 11.4. The first-order chi connectivity index (χ1) is 20.7. The summed E-state index contributed by atoms with van der Waals surface area (Å²) in [6.45, 7) is 6.80. The van der Waals surface area contributed by atoms with Crippen molar-refractivity contribution >= 4 is 29.1 Å². The number of aliphatic imine (C=N–C) groups is 1. The van der Waals surface area contributed by atoms with Gasteiger partial charge in [-0.3, -0.25) is 14.6 Å². The molecule has 1 aromatic heterocycles. The van der Waals surface area contributed by atoms with Crippen LogP contribution in [0.1, 0.15) is 105 Å². The lowest BCUT2D eigenvalue weighted by molar-refractivity contribution is -0.133. The Morgan fingerprint density at radius 2 is 1.91 bits per heavy atom. The van der Waals surface area contributed by atoms with Crippen molar-refractivity contribution in [2.75, 3.05) is 0 Å². The Balaban J connectivity index is 1.48. The van der Waals surface area contributed by atoms with Crippen LogP contribution in [0.5, 0.6) is 0 Å². The van der Waals surface area contributed by atoms with Gasteiger partial charge in [-0.05, 0) is 79.8 Å². The first-order valence-electron chi connectivity index (χ1n) is 15.2. The number of nitrogens with one attached hydrogen (secondary N) is 2. The van der Waals surface area contributed by atoms with Gasteiger partial charge in [0.1, 0.15) is 17.2 Å². The molecule has 0 bridgehead atoms. The number of amides is 2. The highest BCUT2D eigenvalue weighted by molar-refractivity contribution is 6.47. The minimum Gasteiger partial charge on any atom is -0.345 e. The lowest BCUT2D eigenvalue weighted by Gasteiger charge is -2.46. The Morgan fingerprint density at radius 3 is 2.53 bits per heavy atom. The van der Waals surface area contributed by atoms with Gasteiger partial charge in [0.05, 0.1) is 12.6 Å². The average Bonchev–Trinajstić information content (AvgIpc) is 3.61. The molecule has 1 aliphatic carbocycles. The molecule has 1 atom stereocenters. The van der Waals surface area contributed by atoms with Gasteiger partial charge < -0.3 is 10.2 Å². The van der Waals surface area contributed by atoms with Crippen LogP contribution in [0.15, 0.2) is 47.5 Å². The fourth-order valence-electron chi connectivity index (χ4n) is 6.45. The minimum absolute atomic E-state index is 0.156. The number of nitrogens with zero attached hydrogens (tertiary/aromatic N) is 5. The van der Waals surface area contributed by atoms with Crippen LogP contribution < -0.4 is 5.32 Å². The van der Waals surface area contributed by atoms with Crippen molar-refractivity contribution in [1.82, 2.24) is 30.8 Å². The molecule has 5 rings (SSSR count). The highest BCUT2D eigenvalue weighted by Crippen LogP contribution is 2.48. The van der Waals surface area contributed by atoms with E-state index in [9.17, 15) is 14.0 Å². The van der Waals surface area contributed by atoms with Crippen molar-refractivity contribution in [3.8, 4) is 0 Å². The maximum Gasteiger partial charge on any atom is 0.275 e. The second kappa shape index (κ2) is 13.3. The van der Waals surface area contributed by atoms with Crippen molar-refractivity contribution < 1.29 is 14.0 Å². The number of rotatable bonds is 11. The minimum atomic E-state index is -0.714. The molecular weight excluding hydrogens is 569 g/mol. The Labute approximate surface area is 256 Å². The molecule has 11 heteroatoms. The first kappa shape index (κ1) is 30.8. The van der Waals surface area contributed by atoms with E-state index in [1.165, 1.54) is 12.1 Å². The molecule has 1 unspecified atom stereocenters. The van der Waals surface area contributed by atoms with Crippen molar-refractivity contribution in [1.29, 1.82) is 0 Å². The zero-order valence-electron chi connectivity index (χ0n) is 24.9. The van der Waals surface area contributed by atoms with Crippen molar-refractivity contribution in [3.05, 3.63) is 75.8 Å². The second-order valence-electron chi connectivity index (χ2n) is 12.0. The molecule has 2 heterocycles. The lowest BCUT2D eigenvalue weighted by atomic mass is 9.76. The third kappa shape index (κ3) is 6.79. The van der Waals surface area contributed by atoms with Gasteiger partial charge in [0.2, 0.25) is 0 Å². The van der Waals surface area contributed by atoms with Gasteiger partial charge in [0.15, 0.2) is 5.82 Å². The summed E-state index contributed by atoms with van der Waals surface area (Å²) in [6.07, 6.45) is 7.18. The van der Waals surface area contributed by atoms with Gasteiger partial charge in [0, 0.05) is 16.1 Å². The molecule has 228 valence electrons. The Kier molecular flexibility index (Phi) is 9.54. The standard InChI is InChI=1S/C32H39ClFN7O2/c1-4-5-6-7-27(22-8-10-23(11-9-22)30(42)35-19-28-37-39-40-38-28)41-31(43)29(24-16-25(33)18-26(34)17-24)36-32(41)14-12-21(13-15-32)20(2)3/h8-11,16-18,20-21,27H,4-7,12-15,19H2,1-3H3,(H,35,42)(H,37,38,39,40). The third-order valence-electron chi connectivity index (χ3n) is 8.85. The number of hydrogen-bond donors (Lipinski definition) is 2. The quantitative estimate of drug-likeness (QED) is 0.244. The fourth-order valence-corrected chi connectivity index (χ4v) is 6.67. The monoisotopic (exact) mass is 607 g/mol. The summed E-state index contributed by atoms with van der Waals surface area (Å²) < 4.78 is 14.4. The van der Waals surface area contributed by atoms with Crippen LogP contribution in [-0.4, -0.2) is 48.7 Å². The van der Waals surface area contributed by atoms with Crippen LogP contribution in [0.2, 0.25) is 5.02 Å². The van der Waals surface area contributed by atoms with Gasteiger partial charge in [-0.25, -0.2) is 4.39 Å². The van der Waals surface area contributed by atoms with E-state index in [0.717, 1.165) is 56.9 Å². The summed E-state index contributed by atoms with van der Waals surface area (Å²) in [7, 11) is 0. The Hall–Kier alpha value is -3.66. The van der Waals surface area contributed by atoms with Crippen LogP contribution in [0.4, 0.5) is 4.39 Å². The summed E-state index contributed by atoms with van der Waals surface area (Å²) >= 11 is 6.21. The number of unbranched alkanes of at least 4 members (excludes halogenated alkanes) is 2. The molecule has 2 amide bonds. The van der Waals surface area contributed by atoms with E-state index >= 15 is 0 Å². The molecule has 2 aliphatic rings. The predicted octanol–water partition coefficient (Wildman–Crippen LogP) is 6.42. The van der Waals surface area contributed by atoms with Gasteiger partial charge in [-0.1, -0.05) is 69.0 Å². The molecule has 1 saturated carbocycles. The first-order valence-corrected chi connectivity index (χ1v) is 15.6. The number of H-pyrrole nitrogens is 1. The van der Waals surface area contributed by atoms with E-state index in [-0.39, 0.29) is 35.1 Å². The maximum absolute atomic E-state index is 14.4. The number of benzene rings is 2. The van der Waals surface area contributed by atoms with E-state index in [0.29, 0.717) is 28.8 Å². The molecular formula is C32H39ClFN7O2. The lowest BCUT2D eigenvalue weighted by Crippen LogP contribution is -2.51. The molecule has 1 fully saturated rings.